The smallest absolute Gasteiger partial charge is 0.223 e. The maximum absolute atomic E-state index is 12.3. The van der Waals surface area contributed by atoms with Crippen LogP contribution in [0.2, 0.25) is 0 Å². The van der Waals surface area contributed by atoms with E-state index in [1.807, 2.05) is 23.1 Å². The van der Waals surface area contributed by atoms with Crippen LogP contribution in [0.1, 0.15) is 36.6 Å². The molecule has 1 atom stereocenters. The van der Waals surface area contributed by atoms with E-state index >= 15 is 0 Å². The van der Waals surface area contributed by atoms with Gasteiger partial charge in [-0.05, 0) is 31.0 Å². The van der Waals surface area contributed by atoms with Crippen molar-refractivity contribution in [2.45, 2.75) is 31.6 Å². The van der Waals surface area contributed by atoms with Gasteiger partial charge in [-0.2, -0.15) is 5.10 Å². The van der Waals surface area contributed by atoms with Gasteiger partial charge in [-0.15, -0.1) is 0 Å². The Kier molecular flexibility index (Phi) is 3.85. The fourth-order valence-corrected chi connectivity index (χ4v) is 2.79. The van der Waals surface area contributed by atoms with Gasteiger partial charge in [0.1, 0.15) is 5.76 Å². The molecular formula is C15H19N3O2. The summed E-state index contributed by atoms with van der Waals surface area (Å²) in [5.74, 6) is 1.48. The van der Waals surface area contributed by atoms with E-state index in [4.69, 9.17) is 4.42 Å². The summed E-state index contributed by atoms with van der Waals surface area (Å²) in [6.07, 6.45) is 6.78. The van der Waals surface area contributed by atoms with E-state index in [9.17, 15) is 4.79 Å². The van der Waals surface area contributed by atoms with Gasteiger partial charge in [-0.1, -0.05) is 0 Å². The predicted octanol–water partition coefficient (Wildman–Crippen LogP) is 2.34. The number of nitrogens with zero attached hydrogens (tertiary/aromatic N) is 2. The molecule has 1 fully saturated rings. The van der Waals surface area contributed by atoms with Gasteiger partial charge in [-0.3, -0.25) is 9.89 Å². The van der Waals surface area contributed by atoms with Crippen LogP contribution in [0.15, 0.2) is 35.1 Å². The van der Waals surface area contributed by atoms with Crippen LogP contribution in [-0.2, 0) is 11.2 Å². The molecule has 1 saturated heterocycles. The van der Waals surface area contributed by atoms with Gasteiger partial charge in [0.15, 0.2) is 0 Å². The van der Waals surface area contributed by atoms with Crippen molar-refractivity contribution in [2.75, 3.05) is 13.1 Å². The van der Waals surface area contributed by atoms with Gasteiger partial charge in [-0.25, -0.2) is 0 Å². The van der Waals surface area contributed by atoms with E-state index in [1.54, 1.807) is 12.5 Å². The lowest BCUT2D eigenvalue weighted by Crippen LogP contribution is -2.39. The molecule has 1 aliphatic rings. The molecule has 5 heteroatoms. The SMILES string of the molecule is O=C(CCc1ccco1)N1CCC[C@@H](c2ccn[nH]2)C1. The maximum Gasteiger partial charge on any atom is 0.223 e. The first-order valence-corrected chi connectivity index (χ1v) is 7.12. The Bertz CT molecular complexity index is 533. The van der Waals surface area contributed by atoms with Crippen LogP contribution >= 0.6 is 0 Å². The summed E-state index contributed by atoms with van der Waals surface area (Å²) in [6.45, 7) is 1.65. The molecule has 106 valence electrons. The third-order valence-corrected chi connectivity index (χ3v) is 3.90. The molecule has 2 aromatic rings. The van der Waals surface area contributed by atoms with E-state index in [1.165, 1.54) is 0 Å². The fourth-order valence-electron chi connectivity index (χ4n) is 2.79. The molecule has 1 N–H and O–H groups in total. The largest absolute Gasteiger partial charge is 0.469 e. The number of aromatic amines is 1. The summed E-state index contributed by atoms with van der Waals surface area (Å²) in [4.78, 5) is 14.2. The van der Waals surface area contributed by atoms with Gasteiger partial charge in [0.25, 0.3) is 0 Å². The Hall–Kier alpha value is -2.04. The predicted molar refractivity (Wildman–Crippen MR) is 74.2 cm³/mol. The summed E-state index contributed by atoms with van der Waals surface area (Å²) in [5, 5.41) is 7.01. The lowest BCUT2D eigenvalue weighted by molar-refractivity contribution is -0.132. The second-order valence-corrected chi connectivity index (χ2v) is 5.27. The number of nitrogens with one attached hydrogen (secondary N) is 1. The van der Waals surface area contributed by atoms with E-state index in [0.29, 0.717) is 18.8 Å². The highest BCUT2D eigenvalue weighted by Gasteiger charge is 2.25. The summed E-state index contributed by atoms with van der Waals surface area (Å²) >= 11 is 0. The van der Waals surface area contributed by atoms with Crippen LogP contribution in [0.5, 0.6) is 0 Å². The highest BCUT2D eigenvalue weighted by atomic mass is 16.3. The zero-order chi connectivity index (χ0) is 13.8. The van der Waals surface area contributed by atoms with Crippen LogP contribution < -0.4 is 0 Å². The fraction of sp³-hybridized carbons (Fsp3) is 0.467. The normalized spacial score (nSPS) is 19.2. The molecule has 2 aromatic heterocycles. The van der Waals surface area contributed by atoms with Crippen molar-refractivity contribution < 1.29 is 9.21 Å². The third-order valence-electron chi connectivity index (χ3n) is 3.90. The minimum Gasteiger partial charge on any atom is -0.469 e. The molecule has 3 heterocycles. The molecule has 0 bridgehead atoms. The van der Waals surface area contributed by atoms with Crippen molar-refractivity contribution in [1.82, 2.24) is 15.1 Å². The van der Waals surface area contributed by atoms with Crippen molar-refractivity contribution >= 4 is 5.91 Å². The molecule has 0 saturated carbocycles. The first-order valence-electron chi connectivity index (χ1n) is 7.12. The van der Waals surface area contributed by atoms with Crippen LogP contribution in [0.3, 0.4) is 0 Å². The van der Waals surface area contributed by atoms with Crippen LogP contribution in [-0.4, -0.2) is 34.1 Å². The van der Waals surface area contributed by atoms with E-state index in [2.05, 4.69) is 10.2 Å². The molecule has 1 amide bonds. The van der Waals surface area contributed by atoms with Gasteiger partial charge >= 0.3 is 0 Å². The van der Waals surface area contributed by atoms with E-state index < -0.39 is 0 Å². The highest BCUT2D eigenvalue weighted by molar-refractivity contribution is 5.76. The number of aromatic nitrogens is 2. The molecular weight excluding hydrogens is 254 g/mol. The number of hydrogen-bond acceptors (Lipinski definition) is 3. The van der Waals surface area contributed by atoms with Crippen molar-refractivity contribution in [2.24, 2.45) is 0 Å². The van der Waals surface area contributed by atoms with Crippen molar-refractivity contribution in [1.29, 1.82) is 0 Å². The molecule has 0 spiro atoms. The highest BCUT2D eigenvalue weighted by Crippen LogP contribution is 2.25. The number of H-pyrrole nitrogens is 1. The molecule has 5 nitrogen and oxygen atoms in total. The number of carbonyl (C=O) groups excluding carboxylic acids is 1. The first kappa shape index (κ1) is 13.0. The molecule has 0 aromatic carbocycles. The Balaban J connectivity index is 1.55. The topological polar surface area (TPSA) is 62.1 Å². The summed E-state index contributed by atoms with van der Waals surface area (Å²) in [6, 6.07) is 5.77. The van der Waals surface area contributed by atoms with Crippen molar-refractivity contribution in [3.8, 4) is 0 Å². The Labute approximate surface area is 118 Å². The lowest BCUT2D eigenvalue weighted by atomic mass is 9.94. The maximum atomic E-state index is 12.3. The average molecular weight is 273 g/mol. The standard InChI is InChI=1S/C15H19N3O2/c19-15(6-5-13-4-2-10-20-13)18-9-1-3-12(11-18)14-7-8-16-17-14/h2,4,7-8,10,12H,1,3,5-6,9,11H2,(H,16,17)/t12-/m1/s1. The van der Waals surface area contributed by atoms with Crippen LogP contribution in [0.4, 0.5) is 0 Å². The molecule has 20 heavy (non-hydrogen) atoms. The Morgan fingerprint density at radius 3 is 3.20 bits per heavy atom. The quantitative estimate of drug-likeness (QED) is 0.930. The van der Waals surface area contributed by atoms with E-state index in [-0.39, 0.29) is 5.91 Å². The molecule has 0 radical (unpaired) electrons. The summed E-state index contributed by atoms with van der Waals surface area (Å²) < 4.78 is 5.27. The molecule has 3 rings (SSSR count). The number of likely N-dealkylation sites (tertiary alicyclic amines) is 1. The van der Waals surface area contributed by atoms with Crippen molar-refractivity contribution in [3.05, 3.63) is 42.1 Å². The number of rotatable bonds is 4. The van der Waals surface area contributed by atoms with Gasteiger partial charge in [0.2, 0.25) is 5.91 Å². The average Bonchev–Trinajstić information content (AvgIpc) is 3.18. The number of aryl methyl sites for hydroxylation is 1. The zero-order valence-electron chi connectivity index (χ0n) is 11.4. The number of furan rings is 1. The summed E-state index contributed by atoms with van der Waals surface area (Å²) in [5.41, 5.74) is 1.13. The lowest BCUT2D eigenvalue weighted by Gasteiger charge is -2.32. The number of carbonyl (C=O) groups is 1. The van der Waals surface area contributed by atoms with Gasteiger partial charge in [0, 0.05) is 43.7 Å². The Morgan fingerprint density at radius 2 is 2.45 bits per heavy atom. The van der Waals surface area contributed by atoms with Crippen LogP contribution in [0.25, 0.3) is 0 Å². The summed E-state index contributed by atoms with van der Waals surface area (Å²) in [7, 11) is 0. The zero-order valence-corrected chi connectivity index (χ0v) is 11.4. The van der Waals surface area contributed by atoms with Gasteiger partial charge < -0.3 is 9.32 Å². The minimum absolute atomic E-state index is 0.214. The Morgan fingerprint density at radius 1 is 1.50 bits per heavy atom. The number of piperidine rings is 1. The third kappa shape index (κ3) is 2.92. The first-order chi connectivity index (χ1) is 9.83. The number of amides is 1. The second kappa shape index (κ2) is 5.94. The minimum atomic E-state index is 0.214. The second-order valence-electron chi connectivity index (χ2n) is 5.27. The molecule has 1 aliphatic heterocycles. The molecule has 0 unspecified atom stereocenters. The van der Waals surface area contributed by atoms with Gasteiger partial charge in [0.05, 0.1) is 6.26 Å². The van der Waals surface area contributed by atoms with Crippen LogP contribution in [0, 0.1) is 0 Å². The number of hydrogen-bond donors (Lipinski definition) is 1. The van der Waals surface area contributed by atoms with E-state index in [0.717, 1.165) is 37.4 Å². The monoisotopic (exact) mass is 273 g/mol. The molecule has 0 aliphatic carbocycles. The van der Waals surface area contributed by atoms with Crippen molar-refractivity contribution in [3.63, 3.8) is 0 Å².